The zero-order valence-electron chi connectivity index (χ0n) is 14.2. The Labute approximate surface area is 146 Å². The maximum Gasteiger partial charge on any atom is 0.251 e. The van der Waals surface area contributed by atoms with Gasteiger partial charge >= 0.3 is 0 Å². The molecule has 2 aromatic rings. The highest BCUT2D eigenvalue weighted by Crippen LogP contribution is 2.21. The Balaban J connectivity index is 1.36. The Kier molecular flexibility index (Phi) is 4.40. The van der Waals surface area contributed by atoms with Crippen LogP contribution in [0.3, 0.4) is 0 Å². The summed E-state index contributed by atoms with van der Waals surface area (Å²) in [5.74, 6) is 1.04. The van der Waals surface area contributed by atoms with E-state index in [9.17, 15) is 9.59 Å². The van der Waals surface area contributed by atoms with Crippen LogP contribution in [0.4, 0.5) is 0 Å². The number of carbonyl (C=O) groups excluding carboxylic acids is 2. The Bertz CT molecular complexity index is 814. The number of rotatable bonds is 5. The summed E-state index contributed by atoms with van der Waals surface area (Å²) in [5.41, 5.74) is 2.49. The van der Waals surface area contributed by atoms with Gasteiger partial charge in [-0.1, -0.05) is 0 Å². The number of imidazole rings is 1. The summed E-state index contributed by atoms with van der Waals surface area (Å²) in [7, 11) is 0. The molecule has 7 heteroatoms. The molecule has 7 nitrogen and oxygen atoms in total. The number of aromatic nitrogens is 2. The van der Waals surface area contributed by atoms with E-state index in [4.69, 9.17) is 4.74 Å². The minimum absolute atomic E-state index is 0.100. The van der Waals surface area contributed by atoms with Crippen molar-refractivity contribution in [2.45, 2.75) is 32.4 Å². The molecule has 2 aliphatic heterocycles. The summed E-state index contributed by atoms with van der Waals surface area (Å²) in [6, 6.07) is 5.63. The molecular weight excluding hydrogens is 320 g/mol. The first-order valence-corrected chi connectivity index (χ1v) is 8.85. The number of ether oxygens (including phenoxy) is 1. The van der Waals surface area contributed by atoms with E-state index in [0.717, 1.165) is 42.8 Å². The average Bonchev–Trinajstić information content (AvgIpc) is 3.21. The molecule has 1 fully saturated rings. The third-order valence-corrected chi connectivity index (χ3v) is 4.84. The van der Waals surface area contributed by atoms with Crippen LogP contribution in [0.5, 0.6) is 0 Å². The number of likely N-dealkylation sites (tertiary alicyclic amines) is 1. The number of fused-ring (bicyclic) bond motifs is 3. The van der Waals surface area contributed by atoms with Gasteiger partial charge in [0.15, 0.2) is 0 Å². The Morgan fingerprint density at radius 2 is 2.24 bits per heavy atom. The molecule has 0 aliphatic carbocycles. The largest absolute Gasteiger partial charge is 0.372 e. The number of nitrogens with zero attached hydrogens (tertiary/aromatic N) is 3. The van der Waals surface area contributed by atoms with E-state index in [2.05, 4.69) is 14.9 Å². The summed E-state index contributed by atoms with van der Waals surface area (Å²) >= 11 is 0. The van der Waals surface area contributed by atoms with Crippen molar-refractivity contribution in [3.05, 3.63) is 29.6 Å². The molecule has 0 atom stereocenters. The van der Waals surface area contributed by atoms with Crippen molar-refractivity contribution in [3.8, 4) is 0 Å². The Hall–Kier alpha value is -2.41. The molecule has 1 saturated heterocycles. The van der Waals surface area contributed by atoms with Crippen LogP contribution in [0.2, 0.25) is 0 Å². The molecule has 0 saturated carbocycles. The zero-order chi connectivity index (χ0) is 17.2. The monoisotopic (exact) mass is 342 g/mol. The van der Waals surface area contributed by atoms with Gasteiger partial charge < -0.3 is 19.5 Å². The normalized spacial score (nSPS) is 17.1. The average molecular weight is 342 g/mol. The van der Waals surface area contributed by atoms with E-state index >= 15 is 0 Å². The van der Waals surface area contributed by atoms with E-state index in [1.54, 1.807) is 0 Å². The van der Waals surface area contributed by atoms with Crippen molar-refractivity contribution in [3.63, 3.8) is 0 Å². The lowest BCUT2D eigenvalue weighted by Gasteiger charge is -2.15. The molecule has 3 heterocycles. The topological polar surface area (TPSA) is 76.5 Å². The van der Waals surface area contributed by atoms with Crippen molar-refractivity contribution in [2.75, 3.05) is 26.2 Å². The summed E-state index contributed by atoms with van der Waals surface area (Å²) in [6.07, 6.45) is 2.38. The van der Waals surface area contributed by atoms with Crippen LogP contribution in [0.25, 0.3) is 11.0 Å². The molecule has 2 aliphatic rings. The summed E-state index contributed by atoms with van der Waals surface area (Å²) < 4.78 is 7.57. The van der Waals surface area contributed by atoms with Gasteiger partial charge in [-0.3, -0.25) is 9.59 Å². The second-order valence-corrected chi connectivity index (χ2v) is 6.53. The first-order chi connectivity index (χ1) is 12.2. The molecule has 25 heavy (non-hydrogen) atoms. The van der Waals surface area contributed by atoms with Crippen LogP contribution < -0.4 is 5.32 Å². The lowest BCUT2D eigenvalue weighted by Crippen LogP contribution is -2.30. The highest BCUT2D eigenvalue weighted by Gasteiger charge is 2.19. The van der Waals surface area contributed by atoms with Gasteiger partial charge in [0.25, 0.3) is 5.91 Å². The lowest BCUT2D eigenvalue weighted by atomic mass is 10.2. The fraction of sp³-hybridized carbons (Fsp3) is 0.500. The van der Waals surface area contributed by atoms with Crippen LogP contribution in [0, 0.1) is 0 Å². The van der Waals surface area contributed by atoms with Gasteiger partial charge in [0.1, 0.15) is 12.4 Å². The predicted octanol–water partition coefficient (Wildman–Crippen LogP) is 1.31. The molecule has 1 aromatic carbocycles. The van der Waals surface area contributed by atoms with Gasteiger partial charge in [-0.2, -0.15) is 0 Å². The lowest BCUT2D eigenvalue weighted by molar-refractivity contribution is -0.127. The van der Waals surface area contributed by atoms with Gasteiger partial charge in [0.2, 0.25) is 5.91 Å². The van der Waals surface area contributed by atoms with Crippen LogP contribution in [0.15, 0.2) is 18.2 Å². The quantitative estimate of drug-likeness (QED) is 0.831. The number of hydrogen-bond donors (Lipinski definition) is 1. The van der Waals surface area contributed by atoms with Crippen LogP contribution >= 0.6 is 0 Å². The maximum atomic E-state index is 12.3. The Morgan fingerprint density at radius 1 is 1.32 bits per heavy atom. The Morgan fingerprint density at radius 3 is 3.08 bits per heavy atom. The zero-order valence-corrected chi connectivity index (χ0v) is 14.2. The molecule has 0 spiro atoms. The SMILES string of the molecule is O=C(NCCCN1CCCC1=O)c1ccc2c(c1)nc1n2CCOC1. The highest BCUT2D eigenvalue weighted by atomic mass is 16.5. The number of carbonyl (C=O) groups is 2. The standard InChI is InChI=1S/C18H22N4O3/c23-17-3-1-7-21(17)8-2-6-19-18(24)13-4-5-15-14(11-13)20-16-12-25-10-9-22(15)16/h4-5,11H,1-3,6-10,12H2,(H,19,24). The molecule has 0 unspecified atom stereocenters. The van der Waals surface area contributed by atoms with Gasteiger partial charge in [0, 0.05) is 38.2 Å². The van der Waals surface area contributed by atoms with Gasteiger partial charge in [0.05, 0.1) is 17.6 Å². The molecule has 132 valence electrons. The van der Waals surface area contributed by atoms with E-state index in [1.165, 1.54) is 0 Å². The van der Waals surface area contributed by atoms with Crippen molar-refractivity contribution in [1.82, 2.24) is 19.8 Å². The summed E-state index contributed by atoms with van der Waals surface area (Å²) in [6.45, 7) is 4.14. The molecule has 0 radical (unpaired) electrons. The minimum atomic E-state index is -0.100. The third kappa shape index (κ3) is 3.24. The number of nitrogens with one attached hydrogen (secondary N) is 1. The van der Waals surface area contributed by atoms with Crippen molar-refractivity contribution in [1.29, 1.82) is 0 Å². The summed E-state index contributed by atoms with van der Waals surface area (Å²) in [5, 5.41) is 2.93. The third-order valence-electron chi connectivity index (χ3n) is 4.84. The number of benzene rings is 1. The predicted molar refractivity (Wildman–Crippen MR) is 92.2 cm³/mol. The van der Waals surface area contributed by atoms with Crippen LogP contribution in [-0.2, 0) is 22.7 Å². The first-order valence-electron chi connectivity index (χ1n) is 8.85. The summed E-state index contributed by atoms with van der Waals surface area (Å²) in [4.78, 5) is 30.3. The molecule has 1 aromatic heterocycles. The van der Waals surface area contributed by atoms with E-state index in [-0.39, 0.29) is 11.8 Å². The fourth-order valence-electron chi connectivity index (χ4n) is 3.51. The van der Waals surface area contributed by atoms with Crippen molar-refractivity contribution >= 4 is 22.8 Å². The number of hydrogen-bond acceptors (Lipinski definition) is 4. The molecule has 2 amide bonds. The highest BCUT2D eigenvalue weighted by molar-refractivity contribution is 5.97. The van der Waals surface area contributed by atoms with Crippen LogP contribution in [0.1, 0.15) is 35.4 Å². The van der Waals surface area contributed by atoms with Crippen molar-refractivity contribution < 1.29 is 14.3 Å². The van der Waals surface area contributed by atoms with E-state index in [0.29, 0.717) is 38.3 Å². The molecule has 1 N–H and O–H groups in total. The maximum absolute atomic E-state index is 12.3. The van der Waals surface area contributed by atoms with Gasteiger partial charge in [-0.25, -0.2) is 4.98 Å². The number of amides is 2. The van der Waals surface area contributed by atoms with Gasteiger partial charge in [-0.15, -0.1) is 0 Å². The smallest absolute Gasteiger partial charge is 0.251 e. The molecule has 4 rings (SSSR count). The minimum Gasteiger partial charge on any atom is -0.372 e. The first kappa shape index (κ1) is 16.1. The van der Waals surface area contributed by atoms with Crippen LogP contribution in [-0.4, -0.2) is 52.5 Å². The fourth-order valence-corrected chi connectivity index (χ4v) is 3.51. The second kappa shape index (κ2) is 6.84. The van der Waals surface area contributed by atoms with Crippen molar-refractivity contribution in [2.24, 2.45) is 0 Å². The van der Waals surface area contributed by atoms with E-state index in [1.807, 2.05) is 23.1 Å². The second-order valence-electron chi connectivity index (χ2n) is 6.53. The molecular formula is C18H22N4O3. The van der Waals surface area contributed by atoms with E-state index < -0.39 is 0 Å². The molecule has 0 bridgehead atoms. The van der Waals surface area contributed by atoms with Gasteiger partial charge in [-0.05, 0) is 31.0 Å².